The molecule has 5 nitrogen and oxygen atoms in total. The number of carbonyl (C=O) groups excluding carboxylic acids is 1. The van der Waals surface area contributed by atoms with Gasteiger partial charge in [-0.05, 0) is 39.3 Å². The van der Waals surface area contributed by atoms with Crippen molar-refractivity contribution in [3.05, 3.63) is 0 Å². The van der Waals surface area contributed by atoms with Crippen molar-refractivity contribution in [2.45, 2.75) is 32.5 Å². The zero-order chi connectivity index (χ0) is 13.1. The fraction of sp³-hybridized carbons (Fsp3) is 0.923. The number of hydrogen-bond acceptors (Lipinski definition) is 4. The Bertz CT molecular complexity index is 294. The van der Waals surface area contributed by atoms with Gasteiger partial charge in [0.1, 0.15) is 0 Å². The van der Waals surface area contributed by atoms with Crippen LogP contribution in [0.5, 0.6) is 0 Å². The van der Waals surface area contributed by atoms with Gasteiger partial charge in [-0.1, -0.05) is 0 Å². The van der Waals surface area contributed by atoms with Gasteiger partial charge in [-0.15, -0.1) is 12.4 Å². The van der Waals surface area contributed by atoms with E-state index in [1.54, 1.807) is 0 Å². The van der Waals surface area contributed by atoms with Gasteiger partial charge in [-0.25, -0.2) is 0 Å². The Balaban J connectivity index is 0.00000180. The number of hydrogen-bond donors (Lipinski definition) is 1. The Kier molecular flexibility index (Phi) is 6.53. The summed E-state index contributed by atoms with van der Waals surface area (Å²) in [6.45, 7) is 8.73. The predicted molar refractivity (Wildman–Crippen MR) is 77.4 cm³/mol. The Morgan fingerprint density at radius 2 is 1.89 bits per heavy atom. The Morgan fingerprint density at radius 3 is 2.42 bits per heavy atom. The number of nitrogens with two attached hydrogens (primary N) is 1. The number of morpholine rings is 1. The second kappa shape index (κ2) is 7.43. The minimum absolute atomic E-state index is 0. The van der Waals surface area contributed by atoms with E-state index in [9.17, 15) is 4.79 Å². The fourth-order valence-corrected chi connectivity index (χ4v) is 2.92. The number of amides is 1. The molecule has 2 rings (SSSR count). The lowest BCUT2D eigenvalue weighted by molar-refractivity contribution is -0.144. The quantitative estimate of drug-likeness (QED) is 0.814. The lowest BCUT2D eigenvalue weighted by atomic mass is 10.1. The maximum Gasteiger partial charge on any atom is 0.236 e. The highest BCUT2D eigenvalue weighted by atomic mass is 35.5. The van der Waals surface area contributed by atoms with Crippen molar-refractivity contribution in [2.75, 3.05) is 39.3 Å². The summed E-state index contributed by atoms with van der Waals surface area (Å²) in [4.78, 5) is 16.4. The molecule has 2 N–H and O–H groups in total. The minimum atomic E-state index is 0. The van der Waals surface area contributed by atoms with E-state index in [-0.39, 0.29) is 30.5 Å². The summed E-state index contributed by atoms with van der Waals surface area (Å²) in [6.07, 6.45) is 1.42. The van der Waals surface area contributed by atoms with E-state index in [0.717, 1.165) is 39.1 Å². The van der Waals surface area contributed by atoms with Gasteiger partial charge in [-0.2, -0.15) is 0 Å². The molecule has 6 heteroatoms. The number of carbonyl (C=O) groups is 1. The van der Waals surface area contributed by atoms with Crippen LogP contribution in [0, 0.1) is 5.92 Å². The van der Waals surface area contributed by atoms with Crippen molar-refractivity contribution in [3.63, 3.8) is 0 Å². The summed E-state index contributed by atoms with van der Waals surface area (Å²) in [7, 11) is 0. The third-order valence-electron chi connectivity index (χ3n) is 3.83. The Hall–Kier alpha value is -0.360. The average molecular weight is 292 g/mol. The maximum atomic E-state index is 12.2. The molecule has 2 heterocycles. The van der Waals surface area contributed by atoms with E-state index >= 15 is 0 Å². The summed E-state index contributed by atoms with van der Waals surface area (Å²) in [5.41, 5.74) is 5.67. The molecule has 0 bridgehead atoms. The van der Waals surface area contributed by atoms with Crippen molar-refractivity contribution in [1.82, 2.24) is 9.80 Å². The molecule has 2 aliphatic heterocycles. The van der Waals surface area contributed by atoms with Crippen LogP contribution in [0.2, 0.25) is 0 Å². The summed E-state index contributed by atoms with van der Waals surface area (Å²) in [5.74, 6) is 0.801. The molecule has 2 aliphatic rings. The normalized spacial score (nSPS) is 32.2. The van der Waals surface area contributed by atoms with E-state index in [1.165, 1.54) is 0 Å². The van der Waals surface area contributed by atoms with E-state index < -0.39 is 0 Å². The molecule has 112 valence electrons. The van der Waals surface area contributed by atoms with Crippen LogP contribution in [-0.4, -0.2) is 67.2 Å². The molecule has 3 unspecified atom stereocenters. The summed E-state index contributed by atoms with van der Waals surface area (Å²) >= 11 is 0. The lowest BCUT2D eigenvalue weighted by Gasteiger charge is -2.36. The number of ether oxygens (including phenoxy) is 1. The standard InChI is InChI=1S/C13H25N3O2.ClH/c1-10-6-16(7-11(2)18-10)13(17)9-15-4-3-12(5-14)8-15;/h10-12H,3-9,14H2,1-2H3;1H. The van der Waals surface area contributed by atoms with Crippen LogP contribution in [-0.2, 0) is 9.53 Å². The lowest BCUT2D eigenvalue weighted by Crippen LogP contribution is -2.50. The van der Waals surface area contributed by atoms with Crippen LogP contribution in [0.3, 0.4) is 0 Å². The van der Waals surface area contributed by atoms with Crippen LogP contribution in [0.15, 0.2) is 0 Å². The van der Waals surface area contributed by atoms with Gasteiger partial charge >= 0.3 is 0 Å². The number of nitrogens with zero attached hydrogens (tertiary/aromatic N) is 2. The zero-order valence-corrected chi connectivity index (χ0v) is 12.7. The van der Waals surface area contributed by atoms with E-state index in [2.05, 4.69) is 4.90 Å². The highest BCUT2D eigenvalue weighted by Crippen LogP contribution is 2.16. The largest absolute Gasteiger partial charge is 0.372 e. The third-order valence-corrected chi connectivity index (χ3v) is 3.83. The van der Waals surface area contributed by atoms with E-state index in [4.69, 9.17) is 10.5 Å². The SMILES string of the molecule is CC1CN(C(=O)CN2CCC(CN)C2)CC(C)O1.Cl. The van der Waals surface area contributed by atoms with Crippen LogP contribution >= 0.6 is 12.4 Å². The molecule has 0 radical (unpaired) electrons. The van der Waals surface area contributed by atoms with Gasteiger partial charge in [0, 0.05) is 19.6 Å². The summed E-state index contributed by atoms with van der Waals surface area (Å²) < 4.78 is 5.65. The predicted octanol–water partition coefficient (Wildman–Crippen LogP) is 0.325. The maximum absolute atomic E-state index is 12.2. The second-order valence-electron chi connectivity index (χ2n) is 5.68. The Morgan fingerprint density at radius 1 is 1.26 bits per heavy atom. The minimum Gasteiger partial charge on any atom is -0.372 e. The zero-order valence-electron chi connectivity index (χ0n) is 11.9. The molecule has 1 amide bonds. The molecular weight excluding hydrogens is 266 g/mol. The topological polar surface area (TPSA) is 58.8 Å². The molecule has 2 saturated heterocycles. The van der Waals surface area contributed by atoms with Crippen molar-refractivity contribution in [2.24, 2.45) is 11.7 Å². The monoisotopic (exact) mass is 291 g/mol. The van der Waals surface area contributed by atoms with Crippen LogP contribution in [0.1, 0.15) is 20.3 Å². The average Bonchev–Trinajstić information content (AvgIpc) is 2.75. The first-order valence-corrected chi connectivity index (χ1v) is 6.94. The smallest absolute Gasteiger partial charge is 0.236 e. The van der Waals surface area contributed by atoms with Crippen LogP contribution in [0.25, 0.3) is 0 Å². The van der Waals surface area contributed by atoms with Gasteiger partial charge in [0.25, 0.3) is 0 Å². The molecule has 0 aliphatic carbocycles. The van der Waals surface area contributed by atoms with Crippen molar-refractivity contribution < 1.29 is 9.53 Å². The highest BCUT2D eigenvalue weighted by molar-refractivity contribution is 5.85. The van der Waals surface area contributed by atoms with Gasteiger partial charge in [0.2, 0.25) is 5.91 Å². The van der Waals surface area contributed by atoms with Gasteiger partial charge in [0.05, 0.1) is 18.8 Å². The van der Waals surface area contributed by atoms with E-state index in [0.29, 0.717) is 12.5 Å². The van der Waals surface area contributed by atoms with Crippen molar-refractivity contribution in [1.29, 1.82) is 0 Å². The number of likely N-dealkylation sites (tertiary alicyclic amines) is 1. The van der Waals surface area contributed by atoms with Crippen molar-refractivity contribution >= 4 is 18.3 Å². The van der Waals surface area contributed by atoms with Crippen molar-refractivity contribution in [3.8, 4) is 0 Å². The van der Waals surface area contributed by atoms with Gasteiger partial charge in [-0.3, -0.25) is 9.69 Å². The van der Waals surface area contributed by atoms with Crippen LogP contribution in [0.4, 0.5) is 0 Å². The number of halogens is 1. The fourth-order valence-electron chi connectivity index (χ4n) is 2.92. The molecule has 3 atom stereocenters. The summed E-state index contributed by atoms with van der Waals surface area (Å²) in [6, 6.07) is 0. The first kappa shape index (κ1) is 16.7. The Labute approximate surface area is 121 Å². The molecule has 0 spiro atoms. The molecular formula is C13H26ClN3O2. The van der Waals surface area contributed by atoms with E-state index in [1.807, 2.05) is 18.7 Å². The molecule has 0 saturated carbocycles. The first-order valence-electron chi connectivity index (χ1n) is 6.94. The van der Waals surface area contributed by atoms with Gasteiger partial charge in [0.15, 0.2) is 0 Å². The third kappa shape index (κ3) is 4.60. The molecule has 0 aromatic carbocycles. The second-order valence-corrected chi connectivity index (χ2v) is 5.68. The van der Waals surface area contributed by atoms with Crippen LogP contribution < -0.4 is 5.73 Å². The first-order chi connectivity index (χ1) is 8.58. The highest BCUT2D eigenvalue weighted by Gasteiger charge is 2.29. The van der Waals surface area contributed by atoms with Gasteiger partial charge < -0.3 is 15.4 Å². The molecule has 19 heavy (non-hydrogen) atoms. The number of rotatable bonds is 3. The molecule has 0 aromatic heterocycles. The molecule has 0 aromatic rings. The molecule has 2 fully saturated rings. The summed E-state index contributed by atoms with van der Waals surface area (Å²) in [5, 5.41) is 0.